The molecular weight excluding hydrogens is 325 g/mol. The highest BCUT2D eigenvalue weighted by atomic mass is 32.1. The third-order valence-electron chi connectivity index (χ3n) is 3.94. The normalized spacial score (nSPS) is 13.6. The van der Waals surface area contributed by atoms with Crippen LogP contribution in [-0.4, -0.2) is 24.1 Å². The number of halogens is 1. The molecule has 0 bridgehead atoms. The van der Waals surface area contributed by atoms with Crippen LogP contribution in [0.3, 0.4) is 0 Å². The van der Waals surface area contributed by atoms with E-state index in [0.717, 1.165) is 18.8 Å². The number of nitrogens with one attached hydrogen (secondary N) is 2. The molecule has 2 aromatic rings. The van der Waals surface area contributed by atoms with Crippen LogP contribution < -0.4 is 15.5 Å². The van der Waals surface area contributed by atoms with E-state index in [-0.39, 0.29) is 10.7 Å². The lowest BCUT2D eigenvalue weighted by Crippen LogP contribution is -2.34. The molecule has 1 heterocycles. The van der Waals surface area contributed by atoms with E-state index in [9.17, 15) is 9.18 Å². The van der Waals surface area contributed by atoms with Crippen LogP contribution in [-0.2, 0) is 0 Å². The third-order valence-corrected chi connectivity index (χ3v) is 4.15. The molecule has 0 spiro atoms. The van der Waals surface area contributed by atoms with Gasteiger partial charge in [-0.1, -0.05) is 12.1 Å². The van der Waals surface area contributed by atoms with Crippen LogP contribution in [0.15, 0.2) is 48.5 Å². The van der Waals surface area contributed by atoms with Gasteiger partial charge in [0.15, 0.2) is 5.11 Å². The number of benzene rings is 2. The smallest absolute Gasteiger partial charge is 0.260 e. The Kier molecular flexibility index (Phi) is 5.05. The van der Waals surface area contributed by atoms with Gasteiger partial charge in [0.1, 0.15) is 5.82 Å². The van der Waals surface area contributed by atoms with Crippen molar-refractivity contribution in [2.75, 3.05) is 23.3 Å². The van der Waals surface area contributed by atoms with Crippen LogP contribution in [0.4, 0.5) is 15.8 Å². The highest BCUT2D eigenvalue weighted by Crippen LogP contribution is 2.22. The van der Waals surface area contributed by atoms with E-state index < -0.39 is 11.7 Å². The van der Waals surface area contributed by atoms with Crippen LogP contribution in [0.1, 0.15) is 23.2 Å². The molecule has 0 atom stereocenters. The first-order valence-corrected chi connectivity index (χ1v) is 8.26. The summed E-state index contributed by atoms with van der Waals surface area (Å²) in [5.41, 5.74) is 1.92. The van der Waals surface area contributed by atoms with Gasteiger partial charge in [-0.3, -0.25) is 10.1 Å². The summed E-state index contributed by atoms with van der Waals surface area (Å²) in [5.74, 6) is -1.15. The maximum absolute atomic E-state index is 13.6. The lowest BCUT2D eigenvalue weighted by atomic mass is 10.2. The minimum atomic E-state index is -0.576. The number of carbonyl (C=O) groups excluding carboxylic acids is 1. The Bertz CT molecular complexity index is 742. The zero-order chi connectivity index (χ0) is 16.9. The number of carbonyl (C=O) groups is 1. The molecular formula is C18H18FN3OS. The predicted molar refractivity (Wildman–Crippen MR) is 98.0 cm³/mol. The molecule has 1 aliphatic heterocycles. The van der Waals surface area contributed by atoms with Crippen molar-refractivity contribution in [2.45, 2.75) is 12.8 Å². The number of thiocarbonyl (C=S) groups is 1. The van der Waals surface area contributed by atoms with Crippen LogP contribution >= 0.6 is 12.2 Å². The quantitative estimate of drug-likeness (QED) is 0.837. The Morgan fingerprint density at radius 3 is 2.38 bits per heavy atom. The molecule has 0 saturated carbocycles. The molecule has 24 heavy (non-hydrogen) atoms. The molecule has 3 rings (SSSR count). The van der Waals surface area contributed by atoms with Gasteiger partial charge in [0, 0.05) is 24.5 Å². The van der Waals surface area contributed by atoms with Gasteiger partial charge >= 0.3 is 0 Å². The number of hydrogen-bond acceptors (Lipinski definition) is 3. The average molecular weight is 343 g/mol. The zero-order valence-corrected chi connectivity index (χ0v) is 13.9. The van der Waals surface area contributed by atoms with Crippen LogP contribution in [0.2, 0.25) is 0 Å². The van der Waals surface area contributed by atoms with Gasteiger partial charge in [-0.15, -0.1) is 0 Å². The largest absolute Gasteiger partial charge is 0.372 e. The molecule has 2 aromatic carbocycles. The summed E-state index contributed by atoms with van der Waals surface area (Å²) in [5, 5.41) is 5.56. The van der Waals surface area contributed by atoms with Crippen molar-refractivity contribution in [3.05, 3.63) is 59.9 Å². The summed E-state index contributed by atoms with van der Waals surface area (Å²) in [6.45, 7) is 2.17. The lowest BCUT2D eigenvalue weighted by molar-refractivity contribution is 0.0974. The molecule has 1 amide bonds. The van der Waals surface area contributed by atoms with Gasteiger partial charge in [0.2, 0.25) is 0 Å². The Balaban J connectivity index is 1.58. The maximum atomic E-state index is 13.6. The van der Waals surface area contributed by atoms with Crippen molar-refractivity contribution in [1.29, 1.82) is 0 Å². The summed E-state index contributed by atoms with van der Waals surface area (Å²) in [6.07, 6.45) is 2.46. The number of nitrogens with zero attached hydrogens (tertiary/aromatic N) is 1. The number of hydrogen-bond donors (Lipinski definition) is 2. The Hall–Kier alpha value is -2.47. The molecule has 0 radical (unpaired) electrons. The van der Waals surface area contributed by atoms with Crippen molar-refractivity contribution < 1.29 is 9.18 Å². The molecule has 6 heteroatoms. The van der Waals surface area contributed by atoms with Crippen molar-refractivity contribution in [1.82, 2.24) is 5.32 Å². The monoisotopic (exact) mass is 343 g/mol. The van der Waals surface area contributed by atoms with Crippen molar-refractivity contribution in [3.63, 3.8) is 0 Å². The van der Waals surface area contributed by atoms with E-state index in [4.69, 9.17) is 12.2 Å². The van der Waals surface area contributed by atoms with E-state index in [1.807, 2.05) is 24.3 Å². The average Bonchev–Trinajstić information content (AvgIpc) is 3.10. The van der Waals surface area contributed by atoms with Crippen LogP contribution in [0, 0.1) is 5.82 Å². The molecule has 0 unspecified atom stereocenters. The first kappa shape index (κ1) is 16.4. The first-order chi connectivity index (χ1) is 11.6. The SMILES string of the molecule is O=C(NC(=S)Nc1ccc(N2CCCC2)cc1)c1ccccc1F. The van der Waals surface area contributed by atoms with E-state index in [0.29, 0.717) is 0 Å². The predicted octanol–water partition coefficient (Wildman–Crippen LogP) is 3.55. The molecule has 0 aliphatic carbocycles. The number of rotatable bonds is 3. The topological polar surface area (TPSA) is 44.4 Å². The Morgan fingerprint density at radius 2 is 1.71 bits per heavy atom. The Morgan fingerprint density at radius 1 is 1.04 bits per heavy atom. The summed E-state index contributed by atoms with van der Waals surface area (Å²) >= 11 is 5.12. The van der Waals surface area contributed by atoms with Crippen LogP contribution in [0.25, 0.3) is 0 Å². The fourth-order valence-electron chi connectivity index (χ4n) is 2.71. The first-order valence-electron chi connectivity index (χ1n) is 7.85. The standard InChI is InChI=1S/C18H18FN3OS/c19-16-6-2-1-5-15(16)17(23)21-18(24)20-13-7-9-14(10-8-13)22-11-3-4-12-22/h1-2,5-10H,3-4,11-12H2,(H2,20,21,23,24). The molecule has 4 nitrogen and oxygen atoms in total. The van der Waals surface area contributed by atoms with Gasteiger partial charge in [-0.2, -0.15) is 0 Å². The van der Waals surface area contributed by atoms with E-state index >= 15 is 0 Å². The number of amides is 1. The van der Waals surface area contributed by atoms with Crippen molar-refractivity contribution in [3.8, 4) is 0 Å². The van der Waals surface area contributed by atoms with Crippen molar-refractivity contribution >= 4 is 34.6 Å². The second-order valence-corrected chi connectivity index (χ2v) is 6.04. The maximum Gasteiger partial charge on any atom is 0.260 e. The lowest BCUT2D eigenvalue weighted by Gasteiger charge is -2.18. The molecule has 1 saturated heterocycles. The van der Waals surface area contributed by atoms with Crippen molar-refractivity contribution in [2.24, 2.45) is 0 Å². The fraction of sp³-hybridized carbons (Fsp3) is 0.222. The second-order valence-electron chi connectivity index (χ2n) is 5.63. The summed E-state index contributed by atoms with van der Waals surface area (Å²) in [4.78, 5) is 14.3. The molecule has 124 valence electrons. The van der Waals surface area contributed by atoms with Gasteiger partial charge < -0.3 is 10.2 Å². The van der Waals surface area contributed by atoms with Crippen LogP contribution in [0.5, 0.6) is 0 Å². The molecule has 1 fully saturated rings. The van der Waals surface area contributed by atoms with Gasteiger partial charge in [0.05, 0.1) is 5.56 Å². The minimum absolute atomic E-state index is 0.0361. The molecule has 2 N–H and O–H groups in total. The summed E-state index contributed by atoms with van der Waals surface area (Å²) < 4.78 is 13.6. The van der Waals surface area contributed by atoms with Gasteiger partial charge in [0.25, 0.3) is 5.91 Å². The van der Waals surface area contributed by atoms with Gasteiger partial charge in [-0.25, -0.2) is 4.39 Å². The third kappa shape index (κ3) is 3.89. The number of anilines is 2. The minimum Gasteiger partial charge on any atom is -0.372 e. The fourth-order valence-corrected chi connectivity index (χ4v) is 2.92. The highest BCUT2D eigenvalue weighted by molar-refractivity contribution is 7.80. The van der Waals surface area contributed by atoms with E-state index in [1.165, 1.54) is 36.7 Å². The molecule has 1 aliphatic rings. The Labute approximate surface area is 145 Å². The van der Waals surface area contributed by atoms with Gasteiger partial charge in [-0.05, 0) is 61.5 Å². The second kappa shape index (κ2) is 7.40. The summed E-state index contributed by atoms with van der Waals surface area (Å²) in [6, 6.07) is 13.7. The molecule has 0 aromatic heterocycles. The van der Waals surface area contributed by atoms with E-state index in [1.54, 1.807) is 6.07 Å². The van der Waals surface area contributed by atoms with E-state index in [2.05, 4.69) is 15.5 Å². The zero-order valence-electron chi connectivity index (χ0n) is 13.1. The summed E-state index contributed by atoms with van der Waals surface area (Å²) in [7, 11) is 0. The highest BCUT2D eigenvalue weighted by Gasteiger charge is 2.13.